The lowest BCUT2D eigenvalue weighted by atomic mass is 9.87. The molecule has 0 unspecified atom stereocenters. The largest absolute Gasteiger partial charge is 0.508 e. The molecule has 0 aromatic heterocycles. The first-order chi connectivity index (χ1) is 19.7. The van der Waals surface area contributed by atoms with E-state index in [2.05, 4.69) is 115 Å². The maximum absolute atomic E-state index is 10.0. The number of hydrogen-bond donors (Lipinski definition) is 1. The number of phenolic OH excluding ortho intramolecular Hbond substituents is 1. The molecule has 40 heavy (non-hydrogen) atoms. The lowest BCUT2D eigenvalue weighted by Crippen LogP contribution is -1.93. The van der Waals surface area contributed by atoms with E-state index < -0.39 is 0 Å². The Balaban J connectivity index is 1.28. The Hall–Kier alpha value is -5.14. The smallest absolute Gasteiger partial charge is 0.115 e. The summed E-state index contributed by atoms with van der Waals surface area (Å²) in [5.74, 6) is 0.284. The molecule has 188 valence electrons. The highest BCUT2D eigenvalue weighted by molar-refractivity contribution is 5.97. The van der Waals surface area contributed by atoms with Crippen molar-refractivity contribution >= 4 is 21.5 Å². The molecule has 1 N–H and O–H groups in total. The van der Waals surface area contributed by atoms with Gasteiger partial charge in [0.25, 0.3) is 0 Å². The van der Waals surface area contributed by atoms with E-state index >= 15 is 0 Å². The maximum atomic E-state index is 10.0. The van der Waals surface area contributed by atoms with Crippen molar-refractivity contribution in [2.24, 2.45) is 0 Å². The maximum Gasteiger partial charge on any atom is 0.115 e. The van der Waals surface area contributed by atoms with E-state index in [9.17, 15) is 5.11 Å². The highest BCUT2D eigenvalue weighted by Gasteiger charge is 2.25. The first-order valence-electron chi connectivity index (χ1n) is 13.8. The first-order valence-corrected chi connectivity index (χ1v) is 13.8. The molecule has 0 saturated carbocycles. The normalized spacial score (nSPS) is 12.0. The molecular formula is C39H26O. The zero-order chi connectivity index (χ0) is 26.6. The summed E-state index contributed by atoms with van der Waals surface area (Å²) in [6, 6.07) is 49.7. The summed E-state index contributed by atoms with van der Waals surface area (Å²) < 4.78 is 0. The second-order valence-corrected chi connectivity index (χ2v) is 10.7. The van der Waals surface area contributed by atoms with Crippen LogP contribution >= 0.6 is 0 Å². The van der Waals surface area contributed by atoms with Crippen molar-refractivity contribution < 1.29 is 5.11 Å². The van der Waals surface area contributed by atoms with Gasteiger partial charge in [0.05, 0.1) is 0 Å². The van der Waals surface area contributed by atoms with Crippen molar-refractivity contribution in [2.45, 2.75) is 6.42 Å². The third-order valence-corrected chi connectivity index (χ3v) is 8.37. The van der Waals surface area contributed by atoms with E-state index in [1.165, 1.54) is 71.6 Å². The molecule has 7 aromatic rings. The highest BCUT2D eigenvalue weighted by atomic mass is 16.3. The number of rotatable bonds is 3. The van der Waals surface area contributed by atoms with Crippen LogP contribution in [0.3, 0.4) is 0 Å². The number of benzene rings is 7. The monoisotopic (exact) mass is 510 g/mol. The Labute approximate surface area is 233 Å². The third kappa shape index (κ3) is 3.71. The van der Waals surface area contributed by atoms with Gasteiger partial charge in [-0.1, -0.05) is 115 Å². The molecule has 8 rings (SSSR count). The third-order valence-electron chi connectivity index (χ3n) is 8.37. The van der Waals surface area contributed by atoms with Crippen LogP contribution in [0.2, 0.25) is 0 Å². The molecule has 0 atom stereocenters. The van der Waals surface area contributed by atoms with Crippen LogP contribution in [0.15, 0.2) is 140 Å². The van der Waals surface area contributed by atoms with Crippen molar-refractivity contribution in [3.63, 3.8) is 0 Å². The molecule has 0 saturated heterocycles. The molecule has 0 aliphatic heterocycles. The quantitative estimate of drug-likeness (QED) is 0.251. The fourth-order valence-electron chi connectivity index (χ4n) is 6.38. The van der Waals surface area contributed by atoms with E-state index in [1.54, 1.807) is 12.1 Å². The van der Waals surface area contributed by atoms with Crippen molar-refractivity contribution in [3.8, 4) is 50.3 Å². The lowest BCUT2D eigenvalue weighted by Gasteiger charge is -2.16. The van der Waals surface area contributed by atoms with E-state index in [4.69, 9.17) is 0 Å². The minimum atomic E-state index is 0.284. The van der Waals surface area contributed by atoms with E-state index in [1.807, 2.05) is 12.1 Å². The molecule has 1 aliphatic carbocycles. The minimum Gasteiger partial charge on any atom is -0.508 e. The number of fused-ring (bicyclic) bond motifs is 5. The lowest BCUT2D eigenvalue weighted by molar-refractivity contribution is 0.475. The van der Waals surface area contributed by atoms with E-state index in [0.29, 0.717) is 0 Å². The molecule has 1 aliphatic rings. The molecule has 0 heterocycles. The molecule has 0 fully saturated rings. The van der Waals surface area contributed by atoms with Gasteiger partial charge in [0.1, 0.15) is 5.75 Å². The summed E-state index contributed by atoms with van der Waals surface area (Å²) in [5.41, 5.74) is 12.6. The Bertz CT molecular complexity index is 2080. The van der Waals surface area contributed by atoms with Gasteiger partial charge in [0.2, 0.25) is 0 Å². The van der Waals surface area contributed by atoms with Crippen LogP contribution in [-0.2, 0) is 6.42 Å². The second-order valence-electron chi connectivity index (χ2n) is 10.7. The number of aromatic hydroxyl groups is 1. The van der Waals surface area contributed by atoms with Gasteiger partial charge in [-0.05, 0) is 108 Å². The van der Waals surface area contributed by atoms with Crippen LogP contribution in [0.1, 0.15) is 11.1 Å². The molecule has 0 amide bonds. The van der Waals surface area contributed by atoms with Gasteiger partial charge < -0.3 is 5.11 Å². The molecular weight excluding hydrogens is 484 g/mol. The Morgan fingerprint density at radius 2 is 0.925 bits per heavy atom. The molecule has 7 aromatic carbocycles. The van der Waals surface area contributed by atoms with Crippen LogP contribution in [0.5, 0.6) is 5.75 Å². The topological polar surface area (TPSA) is 20.2 Å². The van der Waals surface area contributed by atoms with Gasteiger partial charge in [0, 0.05) is 0 Å². The summed E-state index contributed by atoms with van der Waals surface area (Å²) in [5, 5.41) is 15.1. The van der Waals surface area contributed by atoms with Crippen LogP contribution in [0, 0.1) is 0 Å². The Morgan fingerprint density at radius 1 is 0.400 bits per heavy atom. The predicted octanol–water partition coefficient (Wildman–Crippen LogP) is 10.3. The Morgan fingerprint density at radius 3 is 1.65 bits per heavy atom. The van der Waals surface area contributed by atoms with E-state index in [0.717, 1.165) is 12.0 Å². The fourth-order valence-corrected chi connectivity index (χ4v) is 6.38. The summed E-state index contributed by atoms with van der Waals surface area (Å²) in [6.45, 7) is 0. The predicted molar refractivity (Wildman–Crippen MR) is 168 cm³/mol. The minimum absolute atomic E-state index is 0.284. The first kappa shape index (κ1) is 22.8. The van der Waals surface area contributed by atoms with Crippen molar-refractivity contribution in [1.82, 2.24) is 0 Å². The van der Waals surface area contributed by atoms with Crippen LogP contribution in [-0.4, -0.2) is 5.11 Å². The van der Waals surface area contributed by atoms with Gasteiger partial charge in [-0.2, -0.15) is 0 Å². The zero-order valence-corrected chi connectivity index (χ0v) is 21.9. The molecule has 0 spiro atoms. The highest BCUT2D eigenvalue weighted by Crippen LogP contribution is 2.47. The summed E-state index contributed by atoms with van der Waals surface area (Å²) >= 11 is 0. The van der Waals surface area contributed by atoms with Crippen LogP contribution < -0.4 is 0 Å². The van der Waals surface area contributed by atoms with Gasteiger partial charge in [0.15, 0.2) is 0 Å². The Kier molecular flexibility index (Phi) is 5.11. The average molecular weight is 511 g/mol. The van der Waals surface area contributed by atoms with Gasteiger partial charge in [-0.25, -0.2) is 0 Å². The molecule has 0 bridgehead atoms. The standard InChI is InChI=1S/C39H26O/c40-34-16-13-27(14-17-34)39-36(32-12-10-26-6-2-4-8-29(26)22-32)19-20-37-35-18-15-31(23-33(35)24-38(37)39)30-11-9-25-5-1-3-7-28(25)21-30/h1-23,40H,24H2. The molecule has 1 nitrogen and oxygen atoms in total. The summed E-state index contributed by atoms with van der Waals surface area (Å²) in [6.07, 6.45) is 0.879. The molecule has 0 radical (unpaired) electrons. The number of phenols is 1. The fraction of sp³-hybridized carbons (Fsp3) is 0.0256. The number of hydrogen-bond acceptors (Lipinski definition) is 1. The van der Waals surface area contributed by atoms with Gasteiger partial charge >= 0.3 is 0 Å². The molecule has 1 heteroatoms. The summed E-state index contributed by atoms with van der Waals surface area (Å²) in [4.78, 5) is 0. The second kappa shape index (κ2) is 8.97. The SMILES string of the molecule is Oc1ccc(-c2c(-c3ccc4ccccc4c3)ccc3c2Cc2cc(-c4ccc5ccccc5c4)ccc2-3)cc1. The van der Waals surface area contributed by atoms with Crippen LogP contribution in [0.25, 0.3) is 66.1 Å². The van der Waals surface area contributed by atoms with E-state index in [-0.39, 0.29) is 5.75 Å². The van der Waals surface area contributed by atoms with Crippen molar-refractivity contribution in [1.29, 1.82) is 0 Å². The zero-order valence-electron chi connectivity index (χ0n) is 21.9. The van der Waals surface area contributed by atoms with Gasteiger partial charge in [-0.15, -0.1) is 0 Å². The van der Waals surface area contributed by atoms with Crippen molar-refractivity contribution in [3.05, 3.63) is 151 Å². The summed E-state index contributed by atoms with van der Waals surface area (Å²) in [7, 11) is 0. The van der Waals surface area contributed by atoms with Crippen LogP contribution in [0.4, 0.5) is 0 Å². The van der Waals surface area contributed by atoms with Gasteiger partial charge in [-0.3, -0.25) is 0 Å². The average Bonchev–Trinajstić information content (AvgIpc) is 3.38. The van der Waals surface area contributed by atoms with Crippen molar-refractivity contribution in [2.75, 3.05) is 0 Å².